The van der Waals surface area contributed by atoms with E-state index in [0.29, 0.717) is 28.2 Å². The molecule has 0 unspecified atom stereocenters. The fourth-order valence-corrected chi connectivity index (χ4v) is 9.26. The van der Waals surface area contributed by atoms with Crippen LogP contribution in [0.2, 0.25) is 0 Å². The zero-order valence-electron chi connectivity index (χ0n) is 51.6. The zero-order chi connectivity index (χ0) is 57.9. The molecule has 0 saturated heterocycles. The minimum Gasteiger partial charge on any atom is -0.510 e. The normalized spacial score (nSPS) is 14.1. The first kappa shape index (κ1) is 37.4. The summed E-state index contributed by atoms with van der Waals surface area (Å²) < 4.78 is 102. The summed E-state index contributed by atoms with van der Waals surface area (Å²) in [7, 11) is 0. The third kappa shape index (κ3) is 9.01. The molecule has 360 valence electrons. The quantitative estimate of drug-likeness (QED) is 0.112. The number of imidazole rings is 1. The molecule has 8 aromatic carbocycles. The Morgan fingerprint density at radius 1 is 0.542 bits per heavy atom. The molecule has 3 heterocycles. The molecule has 6 heteroatoms. The summed E-state index contributed by atoms with van der Waals surface area (Å²) in [5, 5.41) is 2.01. The van der Waals surface area contributed by atoms with Crippen LogP contribution in [0.4, 0.5) is 0 Å². The topological polar surface area (TPSA) is 35.9 Å². The van der Waals surface area contributed by atoms with Gasteiger partial charge in [-0.2, -0.15) is 18.2 Å². The standard InChI is InChI=1S/C66H58N4O.Pt/c1-64(2,3)47-35-36-67-61(40-47)70-58-31-17-16-27-56(58)57-34-33-52(42-60(57)70)71-51-26-18-25-50(41-51)68-43-69(62-53(44-21-12-10-13-22-44)28-19-29-54(62)45-23-14-11-15-24-45)59-32-20-30-55(63(59)68)46-37-48(65(4,5)6)39-49(38-46)66(7,8)9;/h10-40H,1-9H3;/q-2;/i10D,11D,12D,13D,14D,15D,21D,22D,23D,24D;. The van der Waals surface area contributed by atoms with Gasteiger partial charge in [0.25, 0.3) is 6.33 Å². The minimum absolute atomic E-state index is 0. The van der Waals surface area contributed by atoms with Gasteiger partial charge < -0.3 is 13.9 Å². The van der Waals surface area contributed by atoms with Gasteiger partial charge in [-0.15, -0.1) is 29.7 Å². The van der Waals surface area contributed by atoms with Crippen molar-refractivity contribution in [1.82, 2.24) is 14.1 Å². The van der Waals surface area contributed by atoms with Crippen molar-refractivity contribution >= 4 is 32.8 Å². The molecule has 0 amide bonds. The smallest absolute Gasteiger partial charge is 0.268 e. The Morgan fingerprint density at radius 3 is 1.79 bits per heavy atom. The molecular weight excluding hydrogens is 1060 g/mol. The van der Waals surface area contributed by atoms with Gasteiger partial charge in [0.05, 0.1) is 30.4 Å². The van der Waals surface area contributed by atoms with E-state index >= 15 is 0 Å². The van der Waals surface area contributed by atoms with Gasteiger partial charge in [-0.1, -0.05) is 201 Å². The van der Waals surface area contributed by atoms with E-state index in [1.807, 2.05) is 71.4 Å². The van der Waals surface area contributed by atoms with E-state index in [1.54, 1.807) is 28.8 Å². The first-order valence-electron chi connectivity index (χ1n) is 28.8. The Bertz CT molecular complexity index is 4230. The SMILES string of the molecule is [2H]c1c([2H])c([2H])c(-c2cccc(-c3c([2H])c([2H])c([2H])c([2H])c3[2H])c2-[n+]2[c-]n(-c3[c-]c(Oc4[c-]c5c(cc4)c4ccccc4n5-c4cc(C(C)(C)C)ccn4)ccc3)c3c(-c4cc(C(C)(C)C)cc(C(C)(C)C)c4)cccc32)c([2H])c1[2H].[Pt]. The van der Waals surface area contributed by atoms with Crippen molar-refractivity contribution in [3.8, 4) is 62.1 Å². The summed E-state index contributed by atoms with van der Waals surface area (Å²) in [4.78, 5) is 4.85. The van der Waals surface area contributed by atoms with Crippen molar-refractivity contribution in [3.63, 3.8) is 0 Å². The number of hydrogen-bond donors (Lipinski definition) is 0. The summed E-state index contributed by atoms with van der Waals surface area (Å²) in [5.41, 5.74) is 7.93. The maximum Gasteiger partial charge on any atom is 0.268 e. The molecule has 11 rings (SSSR count). The first-order chi connectivity index (χ1) is 38.2. The predicted molar refractivity (Wildman–Crippen MR) is 292 cm³/mol. The fraction of sp³-hybridized carbons (Fsp3) is 0.182. The molecule has 0 atom stereocenters. The first-order valence-corrected chi connectivity index (χ1v) is 23.8. The molecule has 0 fully saturated rings. The number of pyridine rings is 1. The molecule has 0 aliphatic heterocycles. The van der Waals surface area contributed by atoms with Crippen LogP contribution in [0.3, 0.4) is 0 Å². The van der Waals surface area contributed by atoms with Crippen LogP contribution in [0.15, 0.2) is 188 Å². The predicted octanol–water partition coefficient (Wildman–Crippen LogP) is 16.5. The van der Waals surface area contributed by atoms with Gasteiger partial charge in [-0.3, -0.25) is 4.57 Å². The largest absolute Gasteiger partial charge is 0.510 e. The maximum atomic E-state index is 9.27. The van der Waals surface area contributed by atoms with Crippen molar-refractivity contribution in [1.29, 1.82) is 0 Å². The second-order valence-corrected chi connectivity index (χ2v) is 21.0. The van der Waals surface area contributed by atoms with E-state index in [-0.39, 0.29) is 65.3 Å². The molecular formula is C66H58N4OPt-2. The van der Waals surface area contributed by atoms with E-state index in [1.165, 1.54) is 0 Å². The van der Waals surface area contributed by atoms with Crippen LogP contribution in [-0.2, 0) is 37.3 Å². The van der Waals surface area contributed by atoms with Gasteiger partial charge in [0, 0.05) is 44.3 Å². The molecule has 0 aliphatic rings. The Labute approximate surface area is 452 Å². The number of benzene rings is 8. The molecule has 72 heavy (non-hydrogen) atoms. The monoisotopic (exact) mass is 1130 g/mol. The Balaban J connectivity index is 0.00000753. The van der Waals surface area contributed by atoms with Crippen LogP contribution >= 0.6 is 0 Å². The van der Waals surface area contributed by atoms with Gasteiger partial charge in [0.15, 0.2) is 0 Å². The van der Waals surface area contributed by atoms with Gasteiger partial charge >= 0.3 is 0 Å². The van der Waals surface area contributed by atoms with Crippen LogP contribution in [0, 0.1) is 18.5 Å². The Kier molecular flexibility index (Phi) is 9.72. The number of ether oxygens (including phenoxy) is 1. The van der Waals surface area contributed by atoms with Gasteiger partial charge in [0.1, 0.15) is 5.82 Å². The third-order valence-corrected chi connectivity index (χ3v) is 13.1. The average molecular weight is 1130 g/mol. The number of hydrogen-bond acceptors (Lipinski definition) is 2. The average Bonchev–Trinajstić information content (AvgIpc) is 3.71. The molecule has 3 aromatic heterocycles. The van der Waals surface area contributed by atoms with Crippen molar-refractivity contribution in [2.75, 3.05) is 0 Å². The molecule has 11 aromatic rings. The number of nitrogens with zero attached hydrogens (tertiary/aromatic N) is 4. The number of para-hydroxylation sites is 3. The van der Waals surface area contributed by atoms with E-state index in [4.69, 9.17) is 17.9 Å². The molecule has 0 bridgehead atoms. The van der Waals surface area contributed by atoms with Crippen LogP contribution in [0.1, 0.15) is 92.7 Å². The third-order valence-electron chi connectivity index (χ3n) is 13.1. The number of fused-ring (bicyclic) bond motifs is 4. The number of rotatable bonds is 8. The molecule has 0 saturated carbocycles. The Morgan fingerprint density at radius 2 is 1.14 bits per heavy atom. The van der Waals surface area contributed by atoms with Gasteiger partial charge in [0.2, 0.25) is 0 Å². The van der Waals surface area contributed by atoms with Crippen LogP contribution in [0.5, 0.6) is 11.5 Å². The second kappa shape index (κ2) is 18.7. The van der Waals surface area contributed by atoms with Crippen molar-refractivity contribution in [2.24, 2.45) is 0 Å². The number of aromatic nitrogens is 4. The summed E-state index contributed by atoms with van der Waals surface area (Å²) in [6, 6.07) is 40.8. The van der Waals surface area contributed by atoms with E-state index in [9.17, 15) is 5.48 Å². The summed E-state index contributed by atoms with van der Waals surface area (Å²) in [6.07, 6.45) is 5.43. The zero-order valence-corrected chi connectivity index (χ0v) is 43.9. The summed E-state index contributed by atoms with van der Waals surface area (Å²) >= 11 is 0. The Hall–Kier alpha value is -7.33. The van der Waals surface area contributed by atoms with Crippen molar-refractivity contribution in [3.05, 3.63) is 223 Å². The van der Waals surface area contributed by atoms with Crippen molar-refractivity contribution in [2.45, 2.75) is 78.6 Å². The van der Waals surface area contributed by atoms with E-state index in [2.05, 4.69) is 122 Å². The fourth-order valence-electron chi connectivity index (χ4n) is 9.26. The van der Waals surface area contributed by atoms with Crippen LogP contribution in [-0.4, -0.2) is 14.1 Å². The summed E-state index contributed by atoms with van der Waals surface area (Å²) in [6.45, 7) is 19.6. The minimum atomic E-state index is -0.579. The molecule has 0 N–H and O–H groups in total. The van der Waals surface area contributed by atoms with E-state index in [0.717, 1.165) is 55.4 Å². The van der Waals surface area contributed by atoms with Gasteiger partial charge in [-0.05, 0) is 95.6 Å². The van der Waals surface area contributed by atoms with Crippen molar-refractivity contribution < 1.29 is 44.1 Å². The molecule has 0 aliphatic carbocycles. The maximum absolute atomic E-state index is 9.27. The molecule has 5 nitrogen and oxygen atoms in total. The van der Waals surface area contributed by atoms with Crippen LogP contribution < -0.4 is 9.30 Å². The second-order valence-electron chi connectivity index (χ2n) is 21.0. The summed E-state index contributed by atoms with van der Waals surface area (Å²) in [5.74, 6) is 1.52. The molecule has 0 spiro atoms. The van der Waals surface area contributed by atoms with E-state index < -0.39 is 60.4 Å². The van der Waals surface area contributed by atoms with Crippen LogP contribution in [0.25, 0.3) is 83.4 Å². The molecule has 0 radical (unpaired) electrons. The van der Waals surface area contributed by atoms with Gasteiger partial charge in [-0.25, -0.2) is 4.98 Å².